The number of hydrogen-bond donors (Lipinski definition) is 1. The van der Waals surface area contributed by atoms with Crippen LogP contribution in [0.5, 0.6) is 0 Å². The first kappa shape index (κ1) is 12.6. The van der Waals surface area contributed by atoms with Gasteiger partial charge in [0.25, 0.3) is 0 Å². The maximum absolute atomic E-state index is 13.0. The van der Waals surface area contributed by atoms with E-state index in [1.807, 2.05) is 13.0 Å². The zero-order chi connectivity index (χ0) is 12.5. The van der Waals surface area contributed by atoms with Crippen LogP contribution in [0.25, 0.3) is 0 Å². The SMILES string of the molecule is Cc1cc(F)ccc1CC1(O)CCCC(C)C1. The van der Waals surface area contributed by atoms with Crippen molar-refractivity contribution in [3.63, 3.8) is 0 Å². The predicted octanol–water partition coefficient (Wildman–Crippen LogP) is 3.62. The van der Waals surface area contributed by atoms with E-state index in [9.17, 15) is 9.50 Å². The van der Waals surface area contributed by atoms with Crippen molar-refractivity contribution >= 4 is 0 Å². The van der Waals surface area contributed by atoms with Gasteiger partial charge in [-0.2, -0.15) is 0 Å². The van der Waals surface area contributed by atoms with Crippen LogP contribution in [0, 0.1) is 18.7 Å². The maximum atomic E-state index is 13.0. The van der Waals surface area contributed by atoms with Crippen LogP contribution in [0.15, 0.2) is 18.2 Å². The van der Waals surface area contributed by atoms with E-state index >= 15 is 0 Å². The maximum Gasteiger partial charge on any atom is 0.123 e. The lowest BCUT2D eigenvalue weighted by molar-refractivity contribution is -0.0125. The monoisotopic (exact) mass is 236 g/mol. The average molecular weight is 236 g/mol. The van der Waals surface area contributed by atoms with Crippen molar-refractivity contribution in [2.45, 2.75) is 51.6 Å². The molecule has 2 atom stereocenters. The van der Waals surface area contributed by atoms with Crippen LogP contribution < -0.4 is 0 Å². The first-order valence-electron chi connectivity index (χ1n) is 6.46. The summed E-state index contributed by atoms with van der Waals surface area (Å²) in [6.07, 6.45) is 4.70. The molecule has 1 N–H and O–H groups in total. The molecule has 0 aliphatic heterocycles. The summed E-state index contributed by atoms with van der Waals surface area (Å²) in [5.41, 5.74) is 1.43. The third-order valence-electron chi connectivity index (χ3n) is 3.89. The third kappa shape index (κ3) is 3.06. The number of aliphatic hydroxyl groups is 1. The summed E-state index contributed by atoms with van der Waals surface area (Å²) in [5, 5.41) is 10.6. The van der Waals surface area contributed by atoms with Gasteiger partial charge in [-0.3, -0.25) is 0 Å². The normalized spacial score (nSPS) is 29.3. The summed E-state index contributed by atoms with van der Waals surface area (Å²) in [7, 11) is 0. The van der Waals surface area contributed by atoms with Gasteiger partial charge in [0.1, 0.15) is 5.82 Å². The molecule has 0 saturated heterocycles. The Bertz CT molecular complexity index is 402. The molecule has 1 aromatic rings. The highest BCUT2D eigenvalue weighted by molar-refractivity contribution is 5.28. The smallest absolute Gasteiger partial charge is 0.123 e. The second-order valence-corrected chi connectivity index (χ2v) is 5.67. The summed E-state index contributed by atoms with van der Waals surface area (Å²) in [6.45, 7) is 4.11. The van der Waals surface area contributed by atoms with Crippen LogP contribution in [0.1, 0.15) is 43.7 Å². The van der Waals surface area contributed by atoms with Crippen LogP contribution in [-0.4, -0.2) is 10.7 Å². The van der Waals surface area contributed by atoms with Gasteiger partial charge in [0, 0.05) is 6.42 Å². The quantitative estimate of drug-likeness (QED) is 0.831. The summed E-state index contributed by atoms with van der Waals surface area (Å²) in [5.74, 6) is 0.393. The number of rotatable bonds is 2. The standard InChI is InChI=1S/C15H21FO/c1-11-4-3-7-15(17,9-11)10-13-5-6-14(16)8-12(13)2/h5-6,8,11,17H,3-4,7,9-10H2,1-2H3. The lowest BCUT2D eigenvalue weighted by atomic mass is 9.75. The molecule has 0 bridgehead atoms. The van der Waals surface area contributed by atoms with E-state index in [2.05, 4.69) is 6.92 Å². The second-order valence-electron chi connectivity index (χ2n) is 5.67. The Labute approximate surface area is 103 Å². The zero-order valence-corrected chi connectivity index (χ0v) is 10.7. The molecule has 0 spiro atoms. The minimum atomic E-state index is -0.583. The topological polar surface area (TPSA) is 20.2 Å². The fraction of sp³-hybridized carbons (Fsp3) is 0.600. The highest BCUT2D eigenvalue weighted by Gasteiger charge is 2.32. The van der Waals surface area contributed by atoms with Gasteiger partial charge in [-0.15, -0.1) is 0 Å². The molecule has 1 aliphatic carbocycles. The van der Waals surface area contributed by atoms with Crippen LogP contribution in [-0.2, 0) is 6.42 Å². The lowest BCUT2D eigenvalue weighted by Crippen LogP contribution is -2.36. The van der Waals surface area contributed by atoms with Crippen molar-refractivity contribution in [2.75, 3.05) is 0 Å². The van der Waals surface area contributed by atoms with Gasteiger partial charge in [-0.1, -0.05) is 25.8 Å². The van der Waals surface area contributed by atoms with E-state index < -0.39 is 5.60 Å². The van der Waals surface area contributed by atoms with Crippen molar-refractivity contribution in [3.05, 3.63) is 35.1 Å². The van der Waals surface area contributed by atoms with Gasteiger partial charge < -0.3 is 5.11 Å². The van der Waals surface area contributed by atoms with Gasteiger partial charge in [0.05, 0.1) is 5.60 Å². The van der Waals surface area contributed by atoms with Crippen LogP contribution in [0.4, 0.5) is 4.39 Å². The Morgan fingerprint density at radius 2 is 2.24 bits per heavy atom. The molecular formula is C15H21FO. The molecule has 1 nitrogen and oxygen atoms in total. The first-order valence-corrected chi connectivity index (χ1v) is 6.46. The first-order chi connectivity index (χ1) is 7.98. The summed E-state index contributed by atoms with van der Waals surface area (Å²) < 4.78 is 13.0. The van der Waals surface area contributed by atoms with Crippen molar-refractivity contribution in [1.82, 2.24) is 0 Å². The number of halogens is 1. The molecule has 2 heteroatoms. The Balaban J connectivity index is 2.14. The average Bonchev–Trinajstić information content (AvgIpc) is 2.22. The zero-order valence-electron chi connectivity index (χ0n) is 10.7. The van der Waals surface area contributed by atoms with E-state index in [0.29, 0.717) is 12.3 Å². The van der Waals surface area contributed by atoms with Crippen molar-refractivity contribution < 1.29 is 9.50 Å². The van der Waals surface area contributed by atoms with Gasteiger partial charge in [-0.25, -0.2) is 4.39 Å². The van der Waals surface area contributed by atoms with Gasteiger partial charge in [0.2, 0.25) is 0 Å². The molecule has 94 valence electrons. The highest BCUT2D eigenvalue weighted by atomic mass is 19.1. The Kier molecular flexibility index (Phi) is 3.53. The molecule has 2 unspecified atom stereocenters. The van der Waals surface area contributed by atoms with Gasteiger partial charge in [0.15, 0.2) is 0 Å². The summed E-state index contributed by atoms with van der Waals surface area (Å²) in [4.78, 5) is 0. The molecule has 0 heterocycles. The van der Waals surface area contributed by atoms with Crippen LogP contribution in [0.2, 0.25) is 0 Å². The van der Waals surface area contributed by atoms with Gasteiger partial charge in [-0.05, 0) is 48.9 Å². The number of hydrogen-bond acceptors (Lipinski definition) is 1. The van der Waals surface area contributed by atoms with E-state index in [1.54, 1.807) is 6.07 Å². The second kappa shape index (κ2) is 4.77. The molecule has 1 aromatic carbocycles. The van der Waals surface area contributed by atoms with E-state index in [4.69, 9.17) is 0 Å². The molecule has 0 aromatic heterocycles. The van der Waals surface area contributed by atoms with Crippen LogP contribution >= 0.6 is 0 Å². The van der Waals surface area contributed by atoms with E-state index in [0.717, 1.165) is 30.4 Å². The summed E-state index contributed by atoms with van der Waals surface area (Å²) >= 11 is 0. The Morgan fingerprint density at radius 3 is 2.88 bits per heavy atom. The van der Waals surface area contributed by atoms with Gasteiger partial charge >= 0.3 is 0 Å². The van der Waals surface area contributed by atoms with Crippen molar-refractivity contribution in [3.8, 4) is 0 Å². The Morgan fingerprint density at radius 1 is 1.47 bits per heavy atom. The van der Waals surface area contributed by atoms with Crippen LogP contribution in [0.3, 0.4) is 0 Å². The highest BCUT2D eigenvalue weighted by Crippen LogP contribution is 2.35. The molecular weight excluding hydrogens is 215 g/mol. The molecule has 1 aliphatic rings. The molecule has 1 saturated carbocycles. The van der Waals surface area contributed by atoms with E-state index in [1.165, 1.54) is 12.5 Å². The fourth-order valence-electron chi connectivity index (χ4n) is 3.01. The predicted molar refractivity (Wildman–Crippen MR) is 67.4 cm³/mol. The molecule has 1 fully saturated rings. The van der Waals surface area contributed by atoms with Crippen molar-refractivity contribution in [1.29, 1.82) is 0 Å². The fourth-order valence-corrected chi connectivity index (χ4v) is 3.01. The van der Waals surface area contributed by atoms with Crippen molar-refractivity contribution in [2.24, 2.45) is 5.92 Å². The molecule has 0 amide bonds. The number of benzene rings is 1. The minimum absolute atomic E-state index is 0.199. The minimum Gasteiger partial charge on any atom is -0.390 e. The Hall–Kier alpha value is -0.890. The number of aryl methyl sites for hydroxylation is 1. The molecule has 17 heavy (non-hydrogen) atoms. The summed E-state index contributed by atoms with van der Waals surface area (Å²) in [6, 6.07) is 4.84. The third-order valence-corrected chi connectivity index (χ3v) is 3.89. The lowest BCUT2D eigenvalue weighted by Gasteiger charge is -2.36. The van der Waals surface area contributed by atoms with E-state index in [-0.39, 0.29) is 5.82 Å². The molecule has 0 radical (unpaired) electrons. The largest absolute Gasteiger partial charge is 0.390 e. The molecule has 2 rings (SSSR count).